The van der Waals surface area contributed by atoms with E-state index in [2.05, 4.69) is 14.9 Å². The second-order valence-electron chi connectivity index (χ2n) is 7.74. The van der Waals surface area contributed by atoms with Gasteiger partial charge < -0.3 is 19.5 Å². The maximum atomic E-state index is 10.6. The molecule has 0 amide bonds. The van der Waals surface area contributed by atoms with Gasteiger partial charge in [0.2, 0.25) is 5.82 Å². The highest BCUT2D eigenvalue weighted by atomic mass is 32.2. The van der Waals surface area contributed by atoms with E-state index >= 15 is 0 Å². The molecule has 3 aliphatic heterocycles. The van der Waals surface area contributed by atoms with Gasteiger partial charge >= 0.3 is 12.1 Å². The van der Waals surface area contributed by atoms with Crippen molar-refractivity contribution in [2.24, 2.45) is 5.92 Å². The number of ether oxygens (including phenoxy) is 2. The van der Waals surface area contributed by atoms with Crippen LogP contribution in [-0.2, 0) is 14.3 Å². The minimum atomic E-state index is -5.08. The molecule has 3 fully saturated rings. The van der Waals surface area contributed by atoms with Gasteiger partial charge in [0.15, 0.2) is 0 Å². The van der Waals surface area contributed by atoms with E-state index in [1.54, 1.807) is 12.4 Å². The third kappa shape index (κ3) is 6.44. The van der Waals surface area contributed by atoms with Gasteiger partial charge in [0, 0.05) is 38.7 Å². The summed E-state index contributed by atoms with van der Waals surface area (Å²) in [6.07, 6.45) is 2.20. The number of aromatic nitrogens is 2. The van der Waals surface area contributed by atoms with Crippen molar-refractivity contribution in [3.8, 4) is 6.07 Å². The number of hydrogen-bond acceptors (Lipinski definition) is 8. The van der Waals surface area contributed by atoms with Crippen molar-refractivity contribution in [2.45, 2.75) is 36.3 Å². The minimum absolute atomic E-state index is 0.228. The molecular formula is C19H23F3N4O4S. The predicted molar refractivity (Wildman–Crippen MR) is 106 cm³/mol. The number of carbonyl (C=O) groups is 1. The molecule has 0 bridgehead atoms. The van der Waals surface area contributed by atoms with E-state index in [4.69, 9.17) is 24.6 Å². The monoisotopic (exact) mass is 460 g/mol. The molecule has 31 heavy (non-hydrogen) atoms. The van der Waals surface area contributed by atoms with Crippen LogP contribution >= 0.6 is 11.8 Å². The van der Waals surface area contributed by atoms with Gasteiger partial charge in [0.1, 0.15) is 6.07 Å². The smallest absolute Gasteiger partial charge is 0.475 e. The largest absolute Gasteiger partial charge is 0.490 e. The van der Waals surface area contributed by atoms with Crippen LogP contribution in [0.25, 0.3) is 0 Å². The molecule has 4 rings (SSSR count). The molecule has 3 aliphatic rings. The van der Waals surface area contributed by atoms with Gasteiger partial charge in [-0.1, -0.05) is 0 Å². The lowest BCUT2D eigenvalue weighted by molar-refractivity contribution is -0.192. The van der Waals surface area contributed by atoms with Crippen LogP contribution in [0.4, 0.5) is 18.9 Å². The number of anilines is 1. The highest BCUT2D eigenvalue weighted by Gasteiger charge is 2.49. The Morgan fingerprint density at radius 2 is 1.97 bits per heavy atom. The van der Waals surface area contributed by atoms with Gasteiger partial charge in [-0.3, -0.25) is 0 Å². The molecule has 8 nitrogen and oxygen atoms in total. The lowest BCUT2D eigenvalue weighted by Gasteiger charge is -2.48. The third-order valence-electron chi connectivity index (χ3n) is 5.39. The van der Waals surface area contributed by atoms with Gasteiger partial charge in [-0.25, -0.2) is 14.8 Å². The van der Waals surface area contributed by atoms with E-state index in [0.717, 1.165) is 63.6 Å². The topological polar surface area (TPSA) is 109 Å². The summed E-state index contributed by atoms with van der Waals surface area (Å²) < 4.78 is 43.7. The van der Waals surface area contributed by atoms with Crippen LogP contribution in [-0.4, -0.2) is 76.7 Å². The molecule has 1 aromatic rings. The van der Waals surface area contributed by atoms with Crippen molar-refractivity contribution in [3.05, 3.63) is 18.2 Å². The lowest BCUT2D eigenvalue weighted by Crippen LogP contribution is -2.59. The molecule has 0 saturated carbocycles. The van der Waals surface area contributed by atoms with Crippen LogP contribution in [0.3, 0.4) is 0 Å². The Morgan fingerprint density at radius 1 is 1.35 bits per heavy atom. The first-order valence-corrected chi connectivity index (χ1v) is 10.8. The van der Waals surface area contributed by atoms with Crippen LogP contribution in [0.15, 0.2) is 12.4 Å². The fourth-order valence-electron chi connectivity index (χ4n) is 3.69. The summed E-state index contributed by atoms with van der Waals surface area (Å²) in [5.74, 6) is -0.756. The van der Waals surface area contributed by atoms with Gasteiger partial charge in [-0.2, -0.15) is 18.4 Å². The molecule has 1 spiro atoms. The molecule has 1 unspecified atom stereocenters. The predicted octanol–water partition coefficient (Wildman–Crippen LogP) is 2.49. The zero-order valence-electron chi connectivity index (χ0n) is 16.7. The number of halogens is 3. The number of nitrogens with zero attached hydrogens (tertiary/aromatic N) is 4. The van der Waals surface area contributed by atoms with Crippen LogP contribution in [0, 0.1) is 17.2 Å². The Labute approximate surface area is 181 Å². The molecule has 0 radical (unpaired) electrons. The molecule has 0 aromatic carbocycles. The summed E-state index contributed by atoms with van der Waals surface area (Å²) in [4.78, 5) is 19.3. The van der Waals surface area contributed by atoms with Gasteiger partial charge in [-0.15, -0.1) is 11.8 Å². The molecule has 170 valence electrons. The highest BCUT2D eigenvalue weighted by Crippen LogP contribution is 2.47. The normalized spacial score (nSPS) is 22.9. The van der Waals surface area contributed by atoms with Crippen LogP contribution in [0.1, 0.15) is 25.1 Å². The second-order valence-corrected chi connectivity index (χ2v) is 9.23. The van der Waals surface area contributed by atoms with E-state index in [9.17, 15) is 13.2 Å². The van der Waals surface area contributed by atoms with Crippen LogP contribution in [0.5, 0.6) is 0 Å². The molecule has 3 saturated heterocycles. The highest BCUT2D eigenvalue weighted by molar-refractivity contribution is 8.01. The minimum Gasteiger partial charge on any atom is -0.475 e. The van der Waals surface area contributed by atoms with E-state index in [1.165, 1.54) is 0 Å². The standard InChI is InChI=1S/C17H22N4O2S.C2HF3O2/c18-6-16-19-7-14(8-20-16)21-11-17(12-21)5-15(10-24-17)23-9-13-1-3-22-4-2-13;3-2(4,5)1(6)7/h7-8,13,15H,1-5,9-12H2;(H,6,7). The van der Waals surface area contributed by atoms with Gasteiger partial charge in [-0.05, 0) is 25.2 Å². The first-order chi connectivity index (χ1) is 14.7. The molecule has 1 N–H and O–H groups in total. The average Bonchev–Trinajstić information content (AvgIpc) is 3.17. The summed E-state index contributed by atoms with van der Waals surface area (Å²) in [6, 6.07) is 1.96. The Balaban J connectivity index is 0.000000339. The van der Waals surface area contributed by atoms with Crippen molar-refractivity contribution in [1.29, 1.82) is 5.26 Å². The van der Waals surface area contributed by atoms with Gasteiger partial charge in [0.25, 0.3) is 0 Å². The SMILES string of the molecule is N#Cc1ncc(N2CC3(CC(OCC4CCOCC4)CS3)C2)cn1.O=C(O)C(F)(F)F. The fraction of sp³-hybridized carbons (Fsp3) is 0.684. The molecule has 4 heterocycles. The Morgan fingerprint density at radius 3 is 2.52 bits per heavy atom. The Kier molecular flexibility index (Phi) is 7.61. The molecule has 0 aliphatic carbocycles. The summed E-state index contributed by atoms with van der Waals surface area (Å²) in [5.41, 5.74) is 1.01. The van der Waals surface area contributed by atoms with Crippen molar-refractivity contribution < 1.29 is 32.5 Å². The maximum absolute atomic E-state index is 10.6. The summed E-state index contributed by atoms with van der Waals surface area (Å²) in [6.45, 7) is 4.70. The Hall–Kier alpha value is -2.10. The zero-order chi connectivity index (χ0) is 22.5. The first kappa shape index (κ1) is 23.6. The fourth-order valence-corrected chi connectivity index (χ4v) is 5.24. The number of alkyl halides is 3. The molecule has 1 atom stereocenters. The molecule has 1 aromatic heterocycles. The zero-order valence-corrected chi connectivity index (χ0v) is 17.5. The maximum Gasteiger partial charge on any atom is 0.490 e. The Bertz CT molecular complexity index is 791. The number of rotatable bonds is 4. The summed E-state index contributed by atoms with van der Waals surface area (Å²) in [5, 5.41) is 15.9. The quantitative estimate of drug-likeness (QED) is 0.725. The van der Waals surface area contributed by atoms with E-state index in [-0.39, 0.29) is 5.82 Å². The van der Waals surface area contributed by atoms with Crippen molar-refractivity contribution in [3.63, 3.8) is 0 Å². The molecule has 12 heteroatoms. The van der Waals surface area contributed by atoms with E-state index in [1.807, 2.05) is 17.8 Å². The van der Waals surface area contributed by atoms with Gasteiger partial charge in [0.05, 0.1) is 28.9 Å². The number of thioether (sulfide) groups is 1. The second kappa shape index (κ2) is 10.0. The number of carboxylic acid groups (broad SMARTS) is 1. The third-order valence-corrected chi connectivity index (χ3v) is 6.96. The van der Waals surface area contributed by atoms with Crippen molar-refractivity contribution >= 4 is 23.4 Å². The number of nitriles is 1. The summed E-state index contributed by atoms with van der Waals surface area (Å²) in [7, 11) is 0. The lowest BCUT2D eigenvalue weighted by atomic mass is 9.92. The van der Waals surface area contributed by atoms with Crippen molar-refractivity contribution in [1.82, 2.24) is 9.97 Å². The number of aliphatic carboxylic acids is 1. The van der Waals surface area contributed by atoms with E-state index in [0.29, 0.717) is 16.8 Å². The average molecular weight is 460 g/mol. The van der Waals surface area contributed by atoms with E-state index < -0.39 is 12.1 Å². The molecular weight excluding hydrogens is 437 g/mol. The number of carboxylic acids is 1. The number of hydrogen-bond donors (Lipinski definition) is 1. The first-order valence-electron chi connectivity index (χ1n) is 9.81. The summed E-state index contributed by atoms with van der Waals surface area (Å²) >= 11 is 2.05. The van der Waals surface area contributed by atoms with Crippen LogP contribution in [0.2, 0.25) is 0 Å². The van der Waals surface area contributed by atoms with Crippen molar-refractivity contribution in [2.75, 3.05) is 43.6 Å². The van der Waals surface area contributed by atoms with Crippen LogP contribution < -0.4 is 4.90 Å².